The maximum absolute atomic E-state index is 10.8. The minimum absolute atomic E-state index is 0.0127. The standard InChI is InChI=1S/C11H17NO4/c1-3-8(6-13)12-5-9-4-10(11(14)15)7(2)16-9/h4,8,12-13H,3,5-6H2,1-2H3,(H,14,15). The molecule has 1 unspecified atom stereocenters. The average molecular weight is 227 g/mol. The van der Waals surface area contributed by atoms with E-state index < -0.39 is 5.97 Å². The highest BCUT2D eigenvalue weighted by atomic mass is 16.4. The van der Waals surface area contributed by atoms with Crippen LogP contribution in [0.4, 0.5) is 0 Å². The minimum atomic E-state index is -0.985. The topological polar surface area (TPSA) is 82.7 Å². The van der Waals surface area contributed by atoms with Gasteiger partial charge >= 0.3 is 5.97 Å². The van der Waals surface area contributed by atoms with Gasteiger partial charge in [-0.05, 0) is 19.4 Å². The molecule has 0 spiro atoms. The number of rotatable bonds is 6. The molecule has 0 aliphatic rings. The number of furan rings is 1. The number of nitrogens with one attached hydrogen (secondary N) is 1. The Morgan fingerprint density at radius 2 is 2.31 bits per heavy atom. The highest BCUT2D eigenvalue weighted by Gasteiger charge is 2.14. The Morgan fingerprint density at radius 3 is 2.75 bits per heavy atom. The van der Waals surface area contributed by atoms with Gasteiger partial charge in [-0.25, -0.2) is 4.79 Å². The lowest BCUT2D eigenvalue weighted by atomic mass is 10.2. The van der Waals surface area contributed by atoms with Crippen molar-refractivity contribution in [3.8, 4) is 0 Å². The van der Waals surface area contributed by atoms with Gasteiger partial charge in [0.2, 0.25) is 0 Å². The maximum Gasteiger partial charge on any atom is 0.339 e. The molecule has 16 heavy (non-hydrogen) atoms. The van der Waals surface area contributed by atoms with Gasteiger partial charge in [-0.2, -0.15) is 0 Å². The monoisotopic (exact) mass is 227 g/mol. The Morgan fingerprint density at radius 1 is 1.62 bits per heavy atom. The van der Waals surface area contributed by atoms with Gasteiger partial charge < -0.3 is 19.9 Å². The molecule has 0 aliphatic heterocycles. The summed E-state index contributed by atoms with van der Waals surface area (Å²) in [5, 5.41) is 20.9. The number of carboxylic acids is 1. The van der Waals surface area contributed by atoms with Crippen LogP contribution in [0.1, 0.15) is 35.2 Å². The Kier molecular flexibility index (Phi) is 4.52. The fraction of sp³-hybridized carbons (Fsp3) is 0.545. The first kappa shape index (κ1) is 12.7. The van der Waals surface area contributed by atoms with E-state index in [2.05, 4.69) is 5.32 Å². The van der Waals surface area contributed by atoms with Gasteiger partial charge in [0.15, 0.2) is 0 Å². The molecule has 3 N–H and O–H groups in total. The van der Waals surface area contributed by atoms with Crippen molar-refractivity contribution in [2.24, 2.45) is 0 Å². The van der Waals surface area contributed by atoms with E-state index in [0.29, 0.717) is 18.1 Å². The molecule has 0 fully saturated rings. The van der Waals surface area contributed by atoms with Crippen LogP contribution in [-0.4, -0.2) is 28.8 Å². The van der Waals surface area contributed by atoms with Gasteiger partial charge in [0.25, 0.3) is 0 Å². The smallest absolute Gasteiger partial charge is 0.339 e. The van der Waals surface area contributed by atoms with E-state index >= 15 is 0 Å². The fourth-order valence-electron chi connectivity index (χ4n) is 1.43. The molecule has 1 heterocycles. The number of aryl methyl sites for hydroxylation is 1. The first-order chi connectivity index (χ1) is 7.58. The van der Waals surface area contributed by atoms with Gasteiger partial charge in [-0.15, -0.1) is 0 Å². The number of aliphatic hydroxyl groups is 1. The molecular weight excluding hydrogens is 210 g/mol. The second-order valence-electron chi connectivity index (χ2n) is 3.66. The third-order valence-electron chi connectivity index (χ3n) is 2.48. The summed E-state index contributed by atoms with van der Waals surface area (Å²) < 4.78 is 5.29. The van der Waals surface area contributed by atoms with Gasteiger partial charge in [0.05, 0.1) is 13.2 Å². The lowest BCUT2D eigenvalue weighted by molar-refractivity contribution is 0.0695. The largest absolute Gasteiger partial charge is 0.478 e. The van der Waals surface area contributed by atoms with E-state index in [0.717, 1.165) is 6.42 Å². The molecule has 0 radical (unpaired) electrons. The zero-order chi connectivity index (χ0) is 12.1. The lowest BCUT2D eigenvalue weighted by Gasteiger charge is -2.12. The van der Waals surface area contributed by atoms with Crippen LogP contribution in [0.3, 0.4) is 0 Å². The minimum Gasteiger partial charge on any atom is -0.478 e. The summed E-state index contributed by atoms with van der Waals surface area (Å²) in [4.78, 5) is 10.8. The Bertz CT molecular complexity index is 355. The Labute approximate surface area is 94.1 Å². The Balaban J connectivity index is 2.61. The predicted molar refractivity (Wildman–Crippen MR) is 58.4 cm³/mol. The molecule has 90 valence electrons. The lowest BCUT2D eigenvalue weighted by Crippen LogP contribution is -2.30. The molecule has 1 rings (SSSR count). The summed E-state index contributed by atoms with van der Waals surface area (Å²) in [6.45, 7) is 4.06. The van der Waals surface area contributed by atoms with E-state index in [-0.39, 0.29) is 18.2 Å². The molecule has 5 nitrogen and oxygen atoms in total. The van der Waals surface area contributed by atoms with Crippen LogP contribution in [0.2, 0.25) is 0 Å². The molecule has 1 atom stereocenters. The molecule has 0 aromatic carbocycles. The van der Waals surface area contributed by atoms with Gasteiger partial charge in [-0.3, -0.25) is 0 Å². The molecule has 0 amide bonds. The number of hydrogen-bond donors (Lipinski definition) is 3. The predicted octanol–water partition coefficient (Wildman–Crippen LogP) is 1.15. The average Bonchev–Trinajstić information content (AvgIpc) is 2.61. The van der Waals surface area contributed by atoms with Crippen molar-refractivity contribution in [3.63, 3.8) is 0 Å². The van der Waals surface area contributed by atoms with Crippen molar-refractivity contribution in [2.75, 3.05) is 6.61 Å². The molecule has 0 saturated heterocycles. The van der Waals surface area contributed by atoms with Crippen LogP contribution in [0.15, 0.2) is 10.5 Å². The highest BCUT2D eigenvalue weighted by molar-refractivity contribution is 5.88. The molecule has 5 heteroatoms. The molecule has 1 aromatic heterocycles. The molecule has 1 aromatic rings. The second-order valence-corrected chi connectivity index (χ2v) is 3.66. The van der Waals surface area contributed by atoms with Crippen molar-refractivity contribution in [2.45, 2.75) is 32.9 Å². The van der Waals surface area contributed by atoms with Crippen LogP contribution < -0.4 is 5.32 Å². The number of carboxylic acid groups (broad SMARTS) is 1. The van der Waals surface area contributed by atoms with E-state index in [1.165, 1.54) is 6.07 Å². The summed E-state index contributed by atoms with van der Waals surface area (Å²) in [5.41, 5.74) is 0.189. The first-order valence-electron chi connectivity index (χ1n) is 5.25. The van der Waals surface area contributed by atoms with Crippen LogP contribution in [0.5, 0.6) is 0 Å². The zero-order valence-corrected chi connectivity index (χ0v) is 9.49. The number of aromatic carboxylic acids is 1. The van der Waals surface area contributed by atoms with Crippen molar-refractivity contribution in [1.29, 1.82) is 0 Å². The van der Waals surface area contributed by atoms with Gasteiger partial charge in [0, 0.05) is 6.04 Å². The highest BCUT2D eigenvalue weighted by Crippen LogP contribution is 2.14. The van der Waals surface area contributed by atoms with Gasteiger partial charge in [0.1, 0.15) is 17.1 Å². The van der Waals surface area contributed by atoms with E-state index in [1.54, 1.807) is 6.92 Å². The Hall–Kier alpha value is -1.33. The fourth-order valence-corrected chi connectivity index (χ4v) is 1.43. The van der Waals surface area contributed by atoms with Gasteiger partial charge in [-0.1, -0.05) is 6.92 Å². The quantitative estimate of drug-likeness (QED) is 0.679. The summed E-state index contributed by atoms with van der Waals surface area (Å²) in [6, 6.07) is 1.52. The molecular formula is C11H17NO4. The molecule has 0 aliphatic carbocycles. The number of carbonyl (C=O) groups is 1. The maximum atomic E-state index is 10.8. The van der Waals surface area contributed by atoms with Crippen LogP contribution in [0.25, 0.3) is 0 Å². The first-order valence-corrected chi connectivity index (χ1v) is 5.25. The van der Waals surface area contributed by atoms with Crippen LogP contribution in [-0.2, 0) is 6.54 Å². The summed E-state index contributed by atoms with van der Waals surface area (Å²) in [5.74, 6) is -0.00940. The third kappa shape index (κ3) is 3.08. The van der Waals surface area contributed by atoms with Crippen molar-refractivity contribution < 1.29 is 19.4 Å². The number of aliphatic hydroxyl groups excluding tert-OH is 1. The summed E-state index contributed by atoms with van der Waals surface area (Å²) in [6.07, 6.45) is 0.808. The normalized spacial score (nSPS) is 12.7. The number of hydrogen-bond acceptors (Lipinski definition) is 4. The van der Waals surface area contributed by atoms with Crippen LogP contribution in [0, 0.1) is 6.92 Å². The van der Waals surface area contributed by atoms with Crippen molar-refractivity contribution in [1.82, 2.24) is 5.32 Å². The summed E-state index contributed by atoms with van der Waals surface area (Å²) in [7, 11) is 0. The van der Waals surface area contributed by atoms with E-state index in [4.69, 9.17) is 14.6 Å². The second kappa shape index (κ2) is 5.67. The van der Waals surface area contributed by atoms with E-state index in [9.17, 15) is 4.79 Å². The molecule has 0 saturated carbocycles. The SMILES string of the molecule is CCC(CO)NCc1cc(C(=O)O)c(C)o1. The zero-order valence-electron chi connectivity index (χ0n) is 9.49. The summed E-state index contributed by atoms with van der Waals surface area (Å²) >= 11 is 0. The van der Waals surface area contributed by atoms with Crippen LogP contribution >= 0.6 is 0 Å². The van der Waals surface area contributed by atoms with E-state index in [1.807, 2.05) is 6.92 Å². The third-order valence-corrected chi connectivity index (χ3v) is 2.48. The van der Waals surface area contributed by atoms with Crippen molar-refractivity contribution >= 4 is 5.97 Å². The molecule has 0 bridgehead atoms. The van der Waals surface area contributed by atoms with Crippen molar-refractivity contribution in [3.05, 3.63) is 23.2 Å².